The molecule has 2 aromatic carbocycles. The maximum atomic E-state index is 12.7. The minimum atomic E-state index is -4.42. The Morgan fingerprint density at radius 1 is 1.03 bits per heavy atom. The molecule has 9 heteroatoms. The molecule has 3 rings (SSSR count). The molecule has 0 aliphatic carbocycles. The summed E-state index contributed by atoms with van der Waals surface area (Å²) >= 11 is 0. The van der Waals surface area contributed by atoms with Crippen LogP contribution in [0.5, 0.6) is 0 Å². The van der Waals surface area contributed by atoms with Crippen molar-refractivity contribution in [2.45, 2.75) is 31.5 Å². The summed E-state index contributed by atoms with van der Waals surface area (Å²) < 4.78 is 43.5. The van der Waals surface area contributed by atoms with Crippen molar-refractivity contribution in [2.75, 3.05) is 11.9 Å². The summed E-state index contributed by atoms with van der Waals surface area (Å²) in [4.78, 5) is 24.7. The molecule has 1 unspecified atom stereocenters. The Morgan fingerprint density at radius 2 is 1.72 bits per heavy atom. The van der Waals surface area contributed by atoms with Gasteiger partial charge in [0.25, 0.3) is 11.8 Å². The normalized spacial score (nSPS) is 18.9. The van der Waals surface area contributed by atoms with E-state index in [1.807, 2.05) is 0 Å². The molecule has 0 bridgehead atoms. The lowest BCUT2D eigenvalue weighted by Crippen LogP contribution is -2.51. The van der Waals surface area contributed by atoms with Crippen molar-refractivity contribution in [2.24, 2.45) is 0 Å². The van der Waals surface area contributed by atoms with Crippen LogP contribution in [-0.4, -0.2) is 24.0 Å². The second kappa shape index (κ2) is 8.12. The van der Waals surface area contributed by atoms with Crippen LogP contribution < -0.4 is 16.2 Å². The number of halogens is 3. The van der Waals surface area contributed by atoms with Gasteiger partial charge in [-0.3, -0.25) is 20.4 Å². The summed E-state index contributed by atoms with van der Waals surface area (Å²) in [6.45, 7) is 2.14. The first-order valence-electron chi connectivity index (χ1n) is 8.97. The number of carbonyl (C=O) groups excluding carboxylic acids is 2. The van der Waals surface area contributed by atoms with Gasteiger partial charge in [-0.15, -0.1) is 0 Å². The number of ether oxygens (including phenoxy) is 1. The molecule has 0 aromatic heterocycles. The molecule has 2 amide bonds. The van der Waals surface area contributed by atoms with Crippen LogP contribution in [0.3, 0.4) is 0 Å². The number of hydrogen-bond donors (Lipinski definition) is 3. The highest BCUT2D eigenvalue weighted by Gasteiger charge is 2.38. The number of hydrogen-bond acceptors (Lipinski definition) is 4. The van der Waals surface area contributed by atoms with Gasteiger partial charge in [-0.2, -0.15) is 13.2 Å². The van der Waals surface area contributed by atoms with Crippen LogP contribution in [0.2, 0.25) is 0 Å². The van der Waals surface area contributed by atoms with Crippen LogP contribution in [-0.2, 0) is 15.7 Å². The van der Waals surface area contributed by atoms with Crippen molar-refractivity contribution in [1.29, 1.82) is 0 Å². The van der Waals surface area contributed by atoms with Gasteiger partial charge in [-0.25, -0.2) is 0 Å². The third-order valence-electron chi connectivity index (χ3n) is 4.65. The number of amides is 2. The van der Waals surface area contributed by atoms with E-state index in [9.17, 15) is 22.8 Å². The maximum Gasteiger partial charge on any atom is 0.416 e. The molecule has 0 saturated carbocycles. The van der Waals surface area contributed by atoms with Crippen LogP contribution in [0.1, 0.15) is 35.7 Å². The second-order valence-electron chi connectivity index (χ2n) is 6.84. The number of carbonyl (C=O) groups is 2. The molecule has 1 aliphatic heterocycles. The third kappa shape index (κ3) is 4.86. The Balaban J connectivity index is 1.68. The molecular formula is C20H20F3N3O3. The van der Waals surface area contributed by atoms with E-state index in [2.05, 4.69) is 16.2 Å². The number of para-hydroxylation sites is 1. The van der Waals surface area contributed by atoms with Gasteiger partial charge in [0.05, 0.1) is 16.8 Å². The molecule has 0 spiro atoms. The zero-order valence-electron chi connectivity index (χ0n) is 15.6. The number of alkyl halides is 3. The highest BCUT2D eigenvalue weighted by atomic mass is 19.4. The standard InChI is InChI=1S/C20H20F3N3O3/c1-19(11-4-12-29-19)18(28)26-25-17(27)15-5-2-3-6-16(15)24-14-9-7-13(8-10-14)20(21,22)23/h2-3,5-10,24H,4,11-12H2,1H3,(H,25,27)(H,26,28). The van der Waals surface area contributed by atoms with Crippen molar-refractivity contribution in [3.8, 4) is 0 Å². The van der Waals surface area contributed by atoms with Gasteiger partial charge in [-0.1, -0.05) is 12.1 Å². The molecule has 1 aliphatic rings. The van der Waals surface area contributed by atoms with Crippen LogP contribution in [0.4, 0.5) is 24.5 Å². The van der Waals surface area contributed by atoms with E-state index in [-0.39, 0.29) is 5.56 Å². The van der Waals surface area contributed by atoms with Crippen LogP contribution in [0.25, 0.3) is 0 Å². The Kier molecular flexibility index (Phi) is 5.78. The zero-order chi connectivity index (χ0) is 21.1. The van der Waals surface area contributed by atoms with Crippen molar-refractivity contribution < 1.29 is 27.5 Å². The predicted molar refractivity (Wildman–Crippen MR) is 100 cm³/mol. The van der Waals surface area contributed by atoms with Crippen LogP contribution in [0, 0.1) is 0 Å². The molecule has 1 heterocycles. The van der Waals surface area contributed by atoms with Crippen molar-refractivity contribution in [3.63, 3.8) is 0 Å². The molecule has 2 aromatic rings. The minimum absolute atomic E-state index is 0.213. The van der Waals surface area contributed by atoms with Gasteiger partial charge in [0.1, 0.15) is 5.60 Å². The molecule has 29 heavy (non-hydrogen) atoms. The van der Waals surface area contributed by atoms with E-state index in [4.69, 9.17) is 4.74 Å². The first kappa shape index (κ1) is 20.7. The Morgan fingerprint density at radius 3 is 2.34 bits per heavy atom. The summed E-state index contributed by atoms with van der Waals surface area (Å²) in [6.07, 6.45) is -3.10. The van der Waals surface area contributed by atoms with Crippen LogP contribution in [0.15, 0.2) is 48.5 Å². The number of benzene rings is 2. The molecule has 0 radical (unpaired) electrons. The fourth-order valence-corrected chi connectivity index (χ4v) is 2.96. The number of nitrogens with one attached hydrogen (secondary N) is 3. The molecule has 6 nitrogen and oxygen atoms in total. The lowest BCUT2D eigenvalue weighted by Gasteiger charge is -2.22. The van der Waals surface area contributed by atoms with E-state index in [0.29, 0.717) is 24.4 Å². The van der Waals surface area contributed by atoms with E-state index in [1.165, 1.54) is 18.2 Å². The monoisotopic (exact) mass is 407 g/mol. The molecular weight excluding hydrogens is 387 g/mol. The van der Waals surface area contributed by atoms with E-state index >= 15 is 0 Å². The topological polar surface area (TPSA) is 79.5 Å². The first-order valence-corrected chi connectivity index (χ1v) is 8.97. The van der Waals surface area contributed by atoms with Gasteiger partial charge in [0, 0.05) is 12.3 Å². The molecule has 3 N–H and O–H groups in total. The van der Waals surface area contributed by atoms with Gasteiger partial charge < -0.3 is 10.1 Å². The van der Waals surface area contributed by atoms with Gasteiger partial charge in [0.2, 0.25) is 0 Å². The minimum Gasteiger partial charge on any atom is -0.365 e. The fourth-order valence-electron chi connectivity index (χ4n) is 2.96. The van der Waals surface area contributed by atoms with E-state index in [1.54, 1.807) is 25.1 Å². The number of anilines is 2. The summed E-state index contributed by atoms with van der Waals surface area (Å²) in [5, 5.41) is 2.92. The largest absolute Gasteiger partial charge is 0.416 e. The summed E-state index contributed by atoms with van der Waals surface area (Å²) in [5.41, 5.74) is 3.94. The summed E-state index contributed by atoms with van der Waals surface area (Å²) in [6, 6.07) is 10.9. The van der Waals surface area contributed by atoms with Crippen LogP contribution >= 0.6 is 0 Å². The second-order valence-corrected chi connectivity index (χ2v) is 6.84. The van der Waals surface area contributed by atoms with Gasteiger partial charge >= 0.3 is 6.18 Å². The van der Waals surface area contributed by atoms with Gasteiger partial charge in [0.15, 0.2) is 0 Å². The SMILES string of the molecule is CC1(C(=O)NNC(=O)c2ccccc2Nc2ccc(C(F)(F)F)cc2)CCCO1. The molecule has 154 valence electrons. The average molecular weight is 407 g/mol. The lowest BCUT2D eigenvalue weighted by molar-refractivity contribution is -0.140. The lowest BCUT2D eigenvalue weighted by atomic mass is 10.0. The Hall–Kier alpha value is -3.07. The Bertz CT molecular complexity index is 892. The van der Waals surface area contributed by atoms with Gasteiger partial charge in [-0.05, 0) is 56.2 Å². The molecule has 1 fully saturated rings. The average Bonchev–Trinajstić information content (AvgIpc) is 3.14. The fraction of sp³-hybridized carbons (Fsp3) is 0.300. The van der Waals surface area contributed by atoms with E-state index in [0.717, 1.165) is 18.6 Å². The highest BCUT2D eigenvalue weighted by molar-refractivity contribution is 6.01. The highest BCUT2D eigenvalue weighted by Crippen LogP contribution is 2.31. The van der Waals surface area contributed by atoms with Crippen molar-refractivity contribution in [1.82, 2.24) is 10.9 Å². The van der Waals surface area contributed by atoms with Crippen molar-refractivity contribution >= 4 is 23.2 Å². The Labute approximate surface area is 165 Å². The predicted octanol–water partition coefficient (Wildman–Crippen LogP) is 3.78. The smallest absolute Gasteiger partial charge is 0.365 e. The first-order chi connectivity index (χ1) is 13.7. The number of hydrazine groups is 1. The maximum absolute atomic E-state index is 12.7. The molecule has 1 atom stereocenters. The summed E-state index contributed by atoms with van der Waals surface area (Å²) in [5.74, 6) is -1.02. The molecule has 1 saturated heterocycles. The summed E-state index contributed by atoms with van der Waals surface area (Å²) in [7, 11) is 0. The third-order valence-corrected chi connectivity index (χ3v) is 4.65. The quantitative estimate of drug-likeness (QED) is 0.674. The zero-order valence-corrected chi connectivity index (χ0v) is 15.6. The van der Waals surface area contributed by atoms with E-state index < -0.39 is 29.2 Å². The van der Waals surface area contributed by atoms with Crippen molar-refractivity contribution in [3.05, 3.63) is 59.7 Å². The number of rotatable bonds is 4.